The molecule has 1 aromatic carbocycles. The van der Waals surface area contributed by atoms with Gasteiger partial charge in [-0.25, -0.2) is 4.98 Å². The van der Waals surface area contributed by atoms with Crippen LogP contribution in [0.4, 0.5) is 5.69 Å². The van der Waals surface area contributed by atoms with Crippen LogP contribution >= 0.6 is 0 Å². The normalized spacial score (nSPS) is 17.1. The molecule has 26 heavy (non-hydrogen) atoms. The van der Waals surface area contributed by atoms with Crippen molar-refractivity contribution in [2.75, 3.05) is 19.0 Å². The van der Waals surface area contributed by atoms with Gasteiger partial charge in [-0.15, -0.1) is 0 Å². The Labute approximate surface area is 151 Å². The number of methoxy groups -OCH3 is 1. The zero-order chi connectivity index (χ0) is 18.1. The molecule has 4 rings (SSSR count). The highest BCUT2D eigenvalue weighted by Crippen LogP contribution is 2.25. The van der Waals surface area contributed by atoms with E-state index in [2.05, 4.69) is 15.4 Å². The van der Waals surface area contributed by atoms with E-state index in [0.29, 0.717) is 6.54 Å². The third kappa shape index (κ3) is 2.96. The van der Waals surface area contributed by atoms with Crippen LogP contribution in [0.15, 0.2) is 42.7 Å². The molecule has 7 nitrogen and oxygen atoms in total. The molecule has 0 bridgehead atoms. The number of likely N-dealkylation sites (tertiary alicyclic amines) is 1. The van der Waals surface area contributed by atoms with Crippen molar-refractivity contribution in [1.82, 2.24) is 19.7 Å². The van der Waals surface area contributed by atoms with E-state index in [-0.39, 0.29) is 11.9 Å². The topological polar surface area (TPSA) is 72.3 Å². The second kappa shape index (κ2) is 6.67. The summed E-state index contributed by atoms with van der Waals surface area (Å²) in [7, 11) is 3.50. The predicted octanol–water partition coefficient (Wildman–Crippen LogP) is 2.19. The van der Waals surface area contributed by atoms with Crippen molar-refractivity contribution in [1.29, 1.82) is 0 Å². The average Bonchev–Trinajstić information content (AvgIpc) is 3.21. The number of anilines is 1. The molecule has 0 spiro atoms. The number of nitrogens with zero attached hydrogens (tertiary/aromatic N) is 4. The molecule has 1 amide bonds. The zero-order valence-corrected chi connectivity index (χ0v) is 14.8. The minimum Gasteiger partial charge on any atom is -0.497 e. The van der Waals surface area contributed by atoms with Gasteiger partial charge in [-0.3, -0.25) is 9.48 Å². The fourth-order valence-electron chi connectivity index (χ4n) is 3.34. The van der Waals surface area contributed by atoms with Crippen LogP contribution in [0.2, 0.25) is 0 Å². The van der Waals surface area contributed by atoms with Gasteiger partial charge in [0.05, 0.1) is 18.7 Å². The van der Waals surface area contributed by atoms with Gasteiger partial charge in [0.2, 0.25) is 5.91 Å². The number of amides is 1. The molecule has 134 valence electrons. The van der Waals surface area contributed by atoms with Crippen LogP contribution in [-0.2, 0) is 18.4 Å². The fraction of sp³-hybridized carbons (Fsp3) is 0.316. The summed E-state index contributed by atoms with van der Waals surface area (Å²) >= 11 is 0. The summed E-state index contributed by atoms with van der Waals surface area (Å²) in [6, 6.07) is 9.50. The van der Waals surface area contributed by atoms with Crippen molar-refractivity contribution in [3.63, 3.8) is 0 Å². The van der Waals surface area contributed by atoms with Crippen molar-refractivity contribution in [3.05, 3.63) is 48.3 Å². The number of hydrogen-bond donors (Lipinski definition) is 1. The number of carbonyl (C=O) groups is 1. The highest BCUT2D eigenvalue weighted by Gasteiger charge is 2.31. The van der Waals surface area contributed by atoms with E-state index in [1.165, 1.54) is 0 Å². The van der Waals surface area contributed by atoms with Crippen molar-refractivity contribution >= 4 is 22.6 Å². The van der Waals surface area contributed by atoms with E-state index in [1.54, 1.807) is 24.2 Å². The Morgan fingerprint density at radius 3 is 2.85 bits per heavy atom. The van der Waals surface area contributed by atoms with E-state index in [0.717, 1.165) is 41.0 Å². The largest absolute Gasteiger partial charge is 0.497 e. The third-order valence-corrected chi connectivity index (χ3v) is 4.80. The van der Waals surface area contributed by atoms with Crippen molar-refractivity contribution in [2.24, 2.45) is 7.05 Å². The van der Waals surface area contributed by atoms with Gasteiger partial charge in [0.15, 0.2) is 5.65 Å². The number of ether oxygens (including phenoxy) is 1. The van der Waals surface area contributed by atoms with Gasteiger partial charge in [0.25, 0.3) is 0 Å². The van der Waals surface area contributed by atoms with Gasteiger partial charge in [-0.2, -0.15) is 5.10 Å². The number of aromatic nitrogens is 3. The molecule has 7 heteroatoms. The number of hydrogen-bond acceptors (Lipinski definition) is 5. The molecule has 1 aliphatic heterocycles. The molecule has 1 fully saturated rings. The summed E-state index contributed by atoms with van der Waals surface area (Å²) in [4.78, 5) is 19.0. The summed E-state index contributed by atoms with van der Waals surface area (Å²) in [5.41, 5.74) is 2.79. The lowest BCUT2D eigenvalue weighted by Gasteiger charge is -2.18. The maximum absolute atomic E-state index is 12.8. The maximum atomic E-state index is 12.8. The number of pyridine rings is 1. The molecular weight excluding hydrogens is 330 g/mol. The summed E-state index contributed by atoms with van der Waals surface area (Å²) < 4.78 is 6.91. The fourth-order valence-corrected chi connectivity index (χ4v) is 3.34. The van der Waals surface area contributed by atoms with E-state index in [9.17, 15) is 4.79 Å². The first-order valence-corrected chi connectivity index (χ1v) is 8.60. The molecule has 1 saturated heterocycles. The lowest BCUT2D eigenvalue weighted by Crippen LogP contribution is -2.33. The lowest BCUT2D eigenvalue weighted by atomic mass is 10.2. The number of nitrogens with one attached hydrogen (secondary N) is 1. The first-order chi connectivity index (χ1) is 12.7. The monoisotopic (exact) mass is 351 g/mol. The Balaban J connectivity index is 1.46. The van der Waals surface area contributed by atoms with Gasteiger partial charge in [-0.05, 0) is 30.2 Å². The molecule has 0 saturated carbocycles. The number of fused-ring (bicyclic) bond motifs is 1. The highest BCUT2D eigenvalue weighted by atomic mass is 16.5. The van der Waals surface area contributed by atoms with Crippen molar-refractivity contribution in [3.8, 4) is 5.75 Å². The van der Waals surface area contributed by atoms with E-state index in [4.69, 9.17) is 4.74 Å². The molecular formula is C19H21N5O2. The van der Waals surface area contributed by atoms with E-state index >= 15 is 0 Å². The minimum atomic E-state index is -0.223. The number of aryl methyl sites for hydroxylation is 1. The SMILES string of the molecule is COc1ccc(CN2CCC(Nc3ccnc4c3cnn4C)C2=O)cc1. The van der Waals surface area contributed by atoms with Gasteiger partial charge in [0, 0.05) is 32.0 Å². The minimum absolute atomic E-state index is 0.120. The zero-order valence-electron chi connectivity index (χ0n) is 14.8. The molecule has 1 N–H and O–H groups in total. The van der Waals surface area contributed by atoms with Gasteiger partial charge in [0.1, 0.15) is 11.8 Å². The standard InChI is InChI=1S/C19H21N5O2/c1-23-18-15(11-21-23)16(7-9-20-18)22-17-8-10-24(19(17)25)12-13-3-5-14(26-2)6-4-13/h3-7,9,11,17H,8,10,12H2,1-2H3,(H,20,22). The van der Waals surface area contributed by atoms with Crippen LogP contribution in [0.5, 0.6) is 5.75 Å². The predicted molar refractivity (Wildman–Crippen MR) is 98.9 cm³/mol. The number of rotatable bonds is 5. The summed E-state index contributed by atoms with van der Waals surface area (Å²) in [5.74, 6) is 0.939. The Kier molecular flexibility index (Phi) is 4.20. The molecule has 1 unspecified atom stereocenters. The van der Waals surface area contributed by atoms with E-state index < -0.39 is 0 Å². The third-order valence-electron chi connectivity index (χ3n) is 4.80. The maximum Gasteiger partial charge on any atom is 0.245 e. The molecule has 3 aromatic rings. The van der Waals surface area contributed by atoms with Crippen molar-refractivity contribution < 1.29 is 9.53 Å². The van der Waals surface area contributed by atoms with Crippen molar-refractivity contribution in [2.45, 2.75) is 19.0 Å². The Hall–Kier alpha value is -3.09. The molecule has 2 aromatic heterocycles. The number of carbonyl (C=O) groups excluding carboxylic acids is 1. The Bertz CT molecular complexity index is 935. The molecule has 1 aliphatic rings. The van der Waals surface area contributed by atoms with Crippen LogP contribution in [-0.4, -0.2) is 45.3 Å². The average molecular weight is 351 g/mol. The van der Waals surface area contributed by atoms with E-state index in [1.807, 2.05) is 42.3 Å². The summed E-state index contributed by atoms with van der Waals surface area (Å²) in [6.45, 7) is 1.35. The van der Waals surface area contributed by atoms with Crippen LogP contribution < -0.4 is 10.1 Å². The molecule has 0 radical (unpaired) electrons. The van der Waals surface area contributed by atoms with Crippen LogP contribution in [0.3, 0.4) is 0 Å². The van der Waals surface area contributed by atoms with Crippen LogP contribution in [0.1, 0.15) is 12.0 Å². The van der Waals surface area contributed by atoms with Crippen LogP contribution in [0, 0.1) is 0 Å². The summed E-state index contributed by atoms with van der Waals surface area (Å²) in [6.07, 6.45) is 4.29. The van der Waals surface area contributed by atoms with Gasteiger partial charge < -0.3 is 15.0 Å². The second-order valence-corrected chi connectivity index (χ2v) is 6.46. The highest BCUT2D eigenvalue weighted by molar-refractivity contribution is 5.93. The van der Waals surface area contributed by atoms with Gasteiger partial charge in [-0.1, -0.05) is 12.1 Å². The molecule has 3 heterocycles. The molecule has 0 aliphatic carbocycles. The lowest BCUT2D eigenvalue weighted by molar-refractivity contribution is -0.128. The Morgan fingerprint density at radius 1 is 1.27 bits per heavy atom. The molecule has 1 atom stereocenters. The second-order valence-electron chi connectivity index (χ2n) is 6.46. The Morgan fingerprint density at radius 2 is 2.08 bits per heavy atom. The first kappa shape index (κ1) is 16.4. The smallest absolute Gasteiger partial charge is 0.245 e. The van der Waals surface area contributed by atoms with Crippen LogP contribution in [0.25, 0.3) is 11.0 Å². The quantitative estimate of drug-likeness (QED) is 0.763. The summed E-state index contributed by atoms with van der Waals surface area (Å²) in [5, 5.41) is 8.55. The van der Waals surface area contributed by atoms with Gasteiger partial charge >= 0.3 is 0 Å². The number of benzene rings is 1. The first-order valence-electron chi connectivity index (χ1n) is 8.60.